The third kappa shape index (κ3) is 3.11. The van der Waals surface area contributed by atoms with Gasteiger partial charge in [-0.2, -0.15) is 0 Å². The highest BCUT2D eigenvalue weighted by Crippen LogP contribution is 2.20. The number of hydrogen-bond donors (Lipinski definition) is 0. The van der Waals surface area contributed by atoms with E-state index in [4.69, 9.17) is 23.2 Å². The number of aryl methyl sites for hydroxylation is 2. The maximum absolute atomic E-state index is 11.8. The molecule has 3 nitrogen and oxygen atoms in total. The minimum absolute atomic E-state index is 0.0831. The summed E-state index contributed by atoms with van der Waals surface area (Å²) in [5, 5.41) is 0.0926. The summed E-state index contributed by atoms with van der Waals surface area (Å²) in [5.41, 5.74) is 2.76. The molecule has 1 aromatic heterocycles. The number of aromatic nitrogens is 1. The molecule has 0 radical (unpaired) electrons. The topological polar surface area (TPSA) is 39.1 Å². The Balaban J connectivity index is 2.58. The SMILES string of the molecule is Cc1ccc(-n2cc(CC(=O)Cl)c(=O)cc2C)cc1Cl. The predicted octanol–water partition coefficient (Wildman–Crippen LogP) is 3.42. The lowest BCUT2D eigenvalue weighted by Crippen LogP contribution is -2.16. The lowest BCUT2D eigenvalue weighted by Gasteiger charge is -2.13. The molecule has 20 heavy (non-hydrogen) atoms. The third-order valence-corrected chi connectivity index (χ3v) is 3.63. The fraction of sp³-hybridized carbons (Fsp3) is 0.200. The number of hydrogen-bond acceptors (Lipinski definition) is 2. The van der Waals surface area contributed by atoms with Gasteiger partial charge in [-0.1, -0.05) is 17.7 Å². The van der Waals surface area contributed by atoms with Crippen LogP contribution in [0.3, 0.4) is 0 Å². The largest absolute Gasteiger partial charge is 0.321 e. The average molecular weight is 310 g/mol. The van der Waals surface area contributed by atoms with Crippen LogP contribution in [0.4, 0.5) is 0 Å². The molecule has 0 aliphatic carbocycles. The average Bonchev–Trinajstić information content (AvgIpc) is 2.36. The van der Waals surface area contributed by atoms with E-state index in [0.717, 1.165) is 16.9 Å². The van der Waals surface area contributed by atoms with Crippen molar-refractivity contribution < 1.29 is 4.79 Å². The molecule has 2 rings (SSSR count). The molecule has 1 aromatic carbocycles. The molecule has 0 atom stereocenters. The van der Waals surface area contributed by atoms with Crippen molar-refractivity contribution >= 4 is 28.4 Å². The summed E-state index contributed by atoms with van der Waals surface area (Å²) in [6.07, 6.45) is 1.55. The van der Waals surface area contributed by atoms with Crippen LogP contribution in [0.2, 0.25) is 5.02 Å². The molecule has 0 aliphatic rings. The Morgan fingerprint density at radius 3 is 2.55 bits per heavy atom. The van der Waals surface area contributed by atoms with Crippen molar-refractivity contribution in [2.24, 2.45) is 0 Å². The molecule has 5 heteroatoms. The standard InChI is InChI=1S/C15H13Cl2NO2/c1-9-3-4-12(7-13(9)16)18-8-11(6-15(17)20)14(19)5-10(18)2/h3-5,7-8H,6H2,1-2H3. The van der Waals surface area contributed by atoms with Crippen LogP contribution < -0.4 is 5.43 Å². The van der Waals surface area contributed by atoms with Crippen LogP contribution in [-0.2, 0) is 11.2 Å². The Labute approximate surface area is 126 Å². The Morgan fingerprint density at radius 2 is 1.95 bits per heavy atom. The molecule has 0 aliphatic heterocycles. The lowest BCUT2D eigenvalue weighted by molar-refractivity contribution is -0.111. The fourth-order valence-electron chi connectivity index (χ4n) is 1.97. The summed E-state index contributed by atoms with van der Waals surface area (Å²) in [7, 11) is 0. The van der Waals surface area contributed by atoms with Gasteiger partial charge in [0.2, 0.25) is 5.24 Å². The number of nitrogens with zero attached hydrogens (tertiary/aromatic N) is 1. The first kappa shape index (κ1) is 14.8. The van der Waals surface area contributed by atoms with E-state index in [1.165, 1.54) is 6.07 Å². The van der Waals surface area contributed by atoms with Crippen LogP contribution in [0.1, 0.15) is 16.8 Å². The molecule has 0 unspecified atom stereocenters. The van der Waals surface area contributed by atoms with E-state index in [9.17, 15) is 9.59 Å². The van der Waals surface area contributed by atoms with E-state index in [1.807, 2.05) is 36.6 Å². The van der Waals surface area contributed by atoms with Gasteiger partial charge in [0, 0.05) is 34.2 Å². The van der Waals surface area contributed by atoms with Gasteiger partial charge in [0.1, 0.15) is 0 Å². The van der Waals surface area contributed by atoms with Crippen molar-refractivity contribution in [3.8, 4) is 5.69 Å². The number of benzene rings is 1. The van der Waals surface area contributed by atoms with Gasteiger partial charge in [0.05, 0.1) is 6.42 Å². The summed E-state index contributed by atoms with van der Waals surface area (Å²) in [5.74, 6) is 0. The maximum Gasteiger partial charge on any atom is 0.226 e. The molecule has 0 amide bonds. The summed E-state index contributed by atoms with van der Waals surface area (Å²) in [6, 6.07) is 7.12. The second-order valence-electron chi connectivity index (χ2n) is 4.64. The van der Waals surface area contributed by atoms with Gasteiger partial charge in [-0.3, -0.25) is 9.59 Å². The lowest BCUT2D eigenvalue weighted by atomic mass is 10.1. The van der Waals surface area contributed by atoms with Crippen molar-refractivity contribution in [1.82, 2.24) is 4.57 Å². The molecular formula is C15H13Cl2NO2. The van der Waals surface area contributed by atoms with Crippen LogP contribution >= 0.6 is 23.2 Å². The summed E-state index contributed by atoms with van der Waals surface area (Å²) >= 11 is 11.5. The maximum atomic E-state index is 11.8. The second-order valence-corrected chi connectivity index (χ2v) is 5.47. The third-order valence-electron chi connectivity index (χ3n) is 3.08. The van der Waals surface area contributed by atoms with Gasteiger partial charge in [0.25, 0.3) is 0 Å². The second kappa shape index (κ2) is 5.81. The van der Waals surface area contributed by atoms with E-state index in [-0.39, 0.29) is 11.8 Å². The predicted molar refractivity (Wildman–Crippen MR) is 81.1 cm³/mol. The van der Waals surface area contributed by atoms with Gasteiger partial charge >= 0.3 is 0 Å². The first-order chi connectivity index (χ1) is 9.38. The number of carbonyl (C=O) groups is 1. The van der Waals surface area contributed by atoms with Crippen molar-refractivity contribution in [3.63, 3.8) is 0 Å². The Bertz CT molecular complexity index is 735. The molecule has 0 spiro atoms. The van der Waals surface area contributed by atoms with E-state index < -0.39 is 5.24 Å². The minimum atomic E-state index is -0.556. The van der Waals surface area contributed by atoms with Crippen molar-refractivity contribution in [1.29, 1.82) is 0 Å². The van der Waals surface area contributed by atoms with Gasteiger partial charge in [-0.05, 0) is 43.1 Å². The zero-order chi connectivity index (χ0) is 14.9. The first-order valence-corrected chi connectivity index (χ1v) is 6.81. The van der Waals surface area contributed by atoms with Gasteiger partial charge in [-0.25, -0.2) is 0 Å². The summed E-state index contributed by atoms with van der Waals surface area (Å²) in [4.78, 5) is 22.8. The van der Waals surface area contributed by atoms with Crippen LogP contribution in [0.25, 0.3) is 5.69 Å². The molecule has 0 fully saturated rings. The van der Waals surface area contributed by atoms with Crippen molar-refractivity contribution in [2.45, 2.75) is 20.3 Å². The van der Waals surface area contributed by atoms with Crippen LogP contribution in [0, 0.1) is 13.8 Å². The zero-order valence-corrected chi connectivity index (χ0v) is 12.6. The van der Waals surface area contributed by atoms with Crippen LogP contribution in [0.5, 0.6) is 0 Å². The minimum Gasteiger partial charge on any atom is -0.321 e. The Kier molecular flexibility index (Phi) is 4.31. The zero-order valence-electron chi connectivity index (χ0n) is 11.1. The number of carbonyl (C=O) groups excluding carboxylic acids is 1. The highest BCUT2D eigenvalue weighted by atomic mass is 35.5. The molecule has 0 saturated carbocycles. The molecule has 104 valence electrons. The molecular weight excluding hydrogens is 297 g/mol. The van der Waals surface area contributed by atoms with E-state index in [2.05, 4.69) is 0 Å². The molecule has 2 aromatic rings. The molecule has 0 bridgehead atoms. The number of pyridine rings is 1. The quantitative estimate of drug-likeness (QED) is 0.815. The summed E-state index contributed by atoms with van der Waals surface area (Å²) < 4.78 is 1.82. The van der Waals surface area contributed by atoms with Crippen molar-refractivity contribution in [3.05, 3.63) is 62.5 Å². The van der Waals surface area contributed by atoms with Crippen LogP contribution in [0.15, 0.2) is 35.3 Å². The first-order valence-electron chi connectivity index (χ1n) is 6.05. The van der Waals surface area contributed by atoms with Gasteiger partial charge in [0.15, 0.2) is 5.43 Å². The van der Waals surface area contributed by atoms with Crippen molar-refractivity contribution in [2.75, 3.05) is 0 Å². The summed E-state index contributed by atoms with van der Waals surface area (Å²) in [6.45, 7) is 3.74. The molecule has 0 N–H and O–H groups in total. The molecule has 1 heterocycles. The number of halogens is 2. The Morgan fingerprint density at radius 1 is 1.25 bits per heavy atom. The Hall–Kier alpha value is -1.58. The molecule has 0 saturated heterocycles. The monoisotopic (exact) mass is 309 g/mol. The smallest absolute Gasteiger partial charge is 0.226 e. The van der Waals surface area contributed by atoms with Crippen LogP contribution in [-0.4, -0.2) is 9.81 Å². The highest BCUT2D eigenvalue weighted by molar-refractivity contribution is 6.63. The van der Waals surface area contributed by atoms with E-state index in [0.29, 0.717) is 10.6 Å². The fourth-order valence-corrected chi connectivity index (χ4v) is 2.28. The normalized spacial score (nSPS) is 10.6. The number of rotatable bonds is 3. The highest BCUT2D eigenvalue weighted by Gasteiger charge is 2.09. The van der Waals surface area contributed by atoms with Gasteiger partial charge < -0.3 is 4.57 Å². The van der Waals surface area contributed by atoms with E-state index >= 15 is 0 Å². The van der Waals surface area contributed by atoms with Gasteiger partial charge in [-0.15, -0.1) is 0 Å². The van der Waals surface area contributed by atoms with E-state index in [1.54, 1.807) is 6.20 Å².